The molecular formula is C23H23N5O5S. The monoisotopic (exact) mass is 481 g/mol. The number of carbonyl (C=O) groups excluding carboxylic acids is 3. The van der Waals surface area contributed by atoms with Crippen molar-refractivity contribution >= 4 is 35.2 Å². The van der Waals surface area contributed by atoms with E-state index in [1.54, 1.807) is 19.2 Å². The first-order valence-electron chi connectivity index (χ1n) is 10.1. The molecule has 0 spiro atoms. The molecule has 0 saturated heterocycles. The zero-order valence-corrected chi connectivity index (χ0v) is 19.1. The van der Waals surface area contributed by atoms with Crippen LogP contribution < -0.4 is 26.7 Å². The van der Waals surface area contributed by atoms with Crippen LogP contribution in [0, 0.1) is 0 Å². The summed E-state index contributed by atoms with van der Waals surface area (Å²) in [5.41, 5.74) is 6.76. The number of aromatic amines is 1. The molecule has 0 aliphatic rings. The summed E-state index contributed by atoms with van der Waals surface area (Å²) < 4.78 is 5.16. The number of hydrogen-bond donors (Lipinski definition) is 4. The molecule has 1 heterocycles. The van der Waals surface area contributed by atoms with Gasteiger partial charge in [-0.25, -0.2) is 4.98 Å². The van der Waals surface area contributed by atoms with Gasteiger partial charge in [0, 0.05) is 23.9 Å². The van der Waals surface area contributed by atoms with Crippen LogP contribution in [-0.4, -0.2) is 40.6 Å². The molecule has 0 fully saturated rings. The lowest BCUT2D eigenvalue weighted by atomic mass is 10.2. The number of hydrogen-bond acceptors (Lipinski definition) is 7. The van der Waals surface area contributed by atoms with Crippen molar-refractivity contribution in [2.24, 2.45) is 5.73 Å². The van der Waals surface area contributed by atoms with Crippen molar-refractivity contribution in [1.82, 2.24) is 15.3 Å². The zero-order chi connectivity index (χ0) is 24.5. The van der Waals surface area contributed by atoms with Crippen molar-refractivity contribution in [3.8, 4) is 5.75 Å². The van der Waals surface area contributed by atoms with Crippen molar-refractivity contribution in [2.75, 3.05) is 18.2 Å². The second-order valence-corrected chi connectivity index (χ2v) is 8.09. The number of carbonyl (C=O) groups is 3. The summed E-state index contributed by atoms with van der Waals surface area (Å²) in [6, 6.07) is 14.7. The minimum absolute atomic E-state index is 0.0218. The fourth-order valence-electron chi connectivity index (χ4n) is 2.90. The van der Waals surface area contributed by atoms with Crippen molar-refractivity contribution in [3.63, 3.8) is 0 Å². The Balaban J connectivity index is 1.52. The molecule has 0 unspecified atom stereocenters. The highest BCUT2D eigenvalue weighted by molar-refractivity contribution is 7.99. The number of anilines is 1. The van der Waals surface area contributed by atoms with E-state index in [9.17, 15) is 19.2 Å². The van der Waals surface area contributed by atoms with E-state index in [1.165, 1.54) is 18.2 Å². The van der Waals surface area contributed by atoms with Crippen LogP contribution in [0.25, 0.3) is 0 Å². The molecule has 3 amide bonds. The van der Waals surface area contributed by atoms with Gasteiger partial charge in [0.2, 0.25) is 17.7 Å². The number of ether oxygens (including phenoxy) is 1. The lowest BCUT2D eigenvalue weighted by molar-refractivity contribution is -0.120. The van der Waals surface area contributed by atoms with Crippen LogP contribution in [0.1, 0.15) is 21.6 Å². The molecule has 0 aliphatic carbocycles. The third-order valence-corrected chi connectivity index (χ3v) is 5.40. The van der Waals surface area contributed by atoms with E-state index in [0.717, 1.165) is 17.3 Å². The van der Waals surface area contributed by atoms with Gasteiger partial charge < -0.3 is 26.1 Å². The fourth-order valence-corrected chi connectivity index (χ4v) is 3.60. The number of benzene rings is 2. The predicted octanol–water partition coefficient (Wildman–Crippen LogP) is 1.47. The largest absolute Gasteiger partial charge is 0.497 e. The second kappa shape index (κ2) is 11.7. The molecule has 3 aromatic rings. The summed E-state index contributed by atoms with van der Waals surface area (Å²) in [7, 11) is 1.57. The van der Waals surface area contributed by atoms with Gasteiger partial charge in [-0.2, -0.15) is 0 Å². The minimum Gasteiger partial charge on any atom is -0.497 e. The summed E-state index contributed by atoms with van der Waals surface area (Å²) in [5.74, 6) is -0.518. The molecule has 34 heavy (non-hydrogen) atoms. The van der Waals surface area contributed by atoms with Gasteiger partial charge in [0.1, 0.15) is 5.75 Å². The van der Waals surface area contributed by atoms with Crippen molar-refractivity contribution < 1.29 is 19.1 Å². The maximum atomic E-state index is 12.3. The Morgan fingerprint density at radius 3 is 2.56 bits per heavy atom. The number of methoxy groups -OCH3 is 1. The van der Waals surface area contributed by atoms with Gasteiger partial charge in [0.25, 0.3) is 5.56 Å². The van der Waals surface area contributed by atoms with E-state index in [0.29, 0.717) is 23.5 Å². The van der Waals surface area contributed by atoms with Crippen molar-refractivity contribution in [1.29, 1.82) is 0 Å². The van der Waals surface area contributed by atoms with Crippen molar-refractivity contribution in [3.05, 3.63) is 81.8 Å². The number of amides is 3. The number of nitrogens with two attached hydrogens (primary N) is 1. The average molecular weight is 482 g/mol. The Kier molecular flexibility index (Phi) is 8.41. The lowest BCUT2D eigenvalue weighted by Crippen LogP contribution is -2.26. The maximum Gasteiger partial charge on any atom is 0.251 e. The molecule has 11 heteroatoms. The molecule has 2 aromatic carbocycles. The van der Waals surface area contributed by atoms with E-state index in [2.05, 4.69) is 20.6 Å². The van der Waals surface area contributed by atoms with E-state index in [4.69, 9.17) is 10.5 Å². The molecule has 3 rings (SSSR count). The number of thioether (sulfide) groups is 1. The molecule has 0 aliphatic heterocycles. The van der Waals surface area contributed by atoms with Crippen LogP contribution in [0.3, 0.4) is 0 Å². The predicted molar refractivity (Wildman–Crippen MR) is 128 cm³/mol. The van der Waals surface area contributed by atoms with E-state index in [-0.39, 0.29) is 34.8 Å². The third-order valence-electron chi connectivity index (χ3n) is 4.53. The van der Waals surface area contributed by atoms with Crippen LogP contribution in [0.4, 0.5) is 5.69 Å². The molecule has 0 atom stereocenters. The molecule has 0 bridgehead atoms. The number of primary amides is 1. The Hall–Kier alpha value is -4.12. The highest BCUT2D eigenvalue weighted by Gasteiger charge is 2.10. The summed E-state index contributed by atoms with van der Waals surface area (Å²) in [4.78, 5) is 54.4. The first-order chi connectivity index (χ1) is 16.3. The molecule has 5 N–H and O–H groups in total. The topological polar surface area (TPSA) is 156 Å². The number of H-pyrrole nitrogens is 1. The quantitative estimate of drug-likeness (QED) is 0.252. The summed E-state index contributed by atoms with van der Waals surface area (Å²) in [6.07, 6.45) is -0.0835. The minimum atomic E-state index is -0.558. The SMILES string of the molecule is COc1cccc(CNC(=O)Cc2cc(=O)[nH]c(SCC(=O)Nc3ccc(C(N)=O)cc3)n2)c1. The zero-order valence-electron chi connectivity index (χ0n) is 18.3. The van der Waals surface area contributed by atoms with Gasteiger partial charge in [-0.05, 0) is 42.0 Å². The average Bonchev–Trinajstić information content (AvgIpc) is 2.81. The fraction of sp³-hybridized carbons (Fsp3) is 0.174. The van der Waals surface area contributed by atoms with Crippen LogP contribution in [0.2, 0.25) is 0 Å². The standard InChI is InChI=1S/C23H23N5O5S/c1-33-18-4-2-3-14(9-18)12-25-19(29)10-17-11-20(30)28-23(27-17)34-13-21(31)26-16-7-5-15(6-8-16)22(24)32/h2-9,11H,10,12-13H2,1H3,(H2,24,32)(H,25,29)(H,26,31)(H,27,28,30). The normalized spacial score (nSPS) is 10.4. The summed E-state index contributed by atoms with van der Waals surface area (Å²) >= 11 is 1.03. The van der Waals surface area contributed by atoms with Gasteiger partial charge in [0.15, 0.2) is 5.16 Å². The van der Waals surface area contributed by atoms with Gasteiger partial charge in [-0.1, -0.05) is 23.9 Å². The summed E-state index contributed by atoms with van der Waals surface area (Å²) in [6.45, 7) is 0.307. The third kappa shape index (κ3) is 7.48. The number of nitrogens with one attached hydrogen (secondary N) is 3. The first kappa shape index (κ1) is 24.5. The molecule has 0 saturated carbocycles. The molecule has 0 radical (unpaired) electrons. The van der Waals surface area contributed by atoms with Crippen LogP contribution >= 0.6 is 11.8 Å². The lowest BCUT2D eigenvalue weighted by Gasteiger charge is -2.08. The van der Waals surface area contributed by atoms with E-state index < -0.39 is 11.5 Å². The second-order valence-electron chi connectivity index (χ2n) is 7.13. The number of aromatic nitrogens is 2. The number of rotatable bonds is 10. The van der Waals surface area contributed by atoms with Crippen LogP contribution in [0.5, 0.6) is 5.75 Å². The Bertz CT molecular complexity index is 1240. The highest BCUT2D eigenvalue weighted by atomic mass is 32.2. The van der Waals surface area contributed by atoms with Gasteiger partial charge in [-0.15, -0.1) is 0 Å². The van der Waals surface area contributed by atoms with Crippen LogP contribution in [-0.2, 0) is 22.6 Å². The van der Waals surface area contributed by atoms with E-state index in [1.807, 2.05) is 24.3 Å². The molecule has 1 aromatic heterocycles. The van der Waals surface area contributed by atoms with E-state index >= 15 is 0 Å². The van der Waals surface area contributed by atoms with Gasteiger partial charge >= 0.3 is 0 Å². The highest BCUT2D eigenvalue weighted by Crippen LogP contribution is 2.15. The van der Waals surface area contributed by atoms with Gasteiger partial charge in [0.05, 0.1) is 25.0 Å². The molecular weight excluding hydrogens is 458 g/mol. The Morgan fingerprint density at radius 2 is 1.85 bits per heavy atom. The molecule has 176 valence electrons. The van der Waals surface area contributed by atoms with Crippen molar-refractivity contribution in [2.45, 2.75) is 18.1 Å². The first-order valence-corrected chi connectivity index (χ1v) is 11.1. The maximum absolute atomic E-state index is 12.3. The summed E-state index contributed by atoms with van der Waals surface area (Å²) in [5, 5.41) is 5.68. The molecule has 10 nitrogen and oxygen atoms in total. The van der Waals surface area contributed by atoms with Gasteiger partial charge in [-0.3, -0.25) is 19.2 Å². The van der Waals surface area contributed by atoms with Crippen LogP contribution in [0.15, 0.2) is 64.5 Å². The Morgan fingerprint density at radius 1 is 1.09 bits per heavy atom. The number of nitrogens with zero attached hydrogens (tertiary/aromatic N) is 1. The Labute approximate surface area is 199 Å². The smallest absolute Gasteiger partial charge is 0.251 e.